The molecule has 0 aliphatic heterocycles. The van der Waals surface area contributed by atoms with Crippen LogP contribution in [-0.2, 0) is 7.05 Å². The number of nitrogens with zero attached hydrogens (tertiary/aromatic N) is 3. The van der Waals surface area contributed by atoms with Crippen LogP contribution in [-0.4, -0.2) is 28.9 Å². The van der Waals surface area contributed by atoms with E-state index in [1.807, 2.05) is 0 Å². The largest absolute Gasteiger partial charge is 0.493 e. The van der Waals surface area contributed by atoms with E-state index in [0.717, 1.165) is 5.69 Å². The Morgan fingerprint density at radius 2 is 2.22 bits per heavy atom. The number of aromatic nitrogens is 3. The summed E-state index contributed by atoms with van der Waals surface area (Å²) in [5, 5.41) is 7.19. The molecule has 96 valence electrons. The van der Waals surface area contributed by atoms with Crippen molar-refractivity contribution in [3.63, 3.8) is 0 Å². The highest BCUT2D eigenvalue weighted by Crippen LogP contribution is 2.30. The Labute approximate surface area is 105 Å². The van der Waals surface area contributed by atoms with Crippen molar-refractivity contribution in [2.45, 2.75) is 6.04 Å². The van der Waals surface area contributed by atoms with Gasteiger partial charge in [0.2, 0.25) is 0 Å². The summed E-state index contributed by atoms with van der Waals surface area (Å²) in [4.78, 5) is 3.75. The van der Waals surface area contributed by atoms with Crippen molar-refractivity contribution in [3.8, 4) is 5.75 Å². The zero-order valence-electron chi connectivity index (χ0n) is 10.5. The average Bonchev–Trinajstić information content (AvgIpc) is 2.74. The molecule has 0 fully saturated rings. The number of methoxy groups -OCH3 is 1. The quantitative estimate of drug-likeness (QED) is 0.888. The maximum Gasteiger partial charge on any atom is 0.161 e. The Hall–Kier alpha value is -1.95. The summed E-state index contributed by atoms with van der Waals surface area (Å²) in [5.74, 6) is 0.258. The fraction of sp³-hybridized carbons (Fsp3) is 0.333. The van der Waals surface area contributed by atoms with Gasteiger partial charge in [0.15, 0.2) is 5.75 Å². The van der Waals surface area contributed by atoms with E-state index in [1.54, 1.807) is 44.3 Å². The lowest BCUT2D eigenvalue weighted by Gasteiger charge is -2.18. The van der Waals surface area contributed by atoms with Gasteiger partial charge in [-0.1, -0.05) is 0 Å². The summed E-state index contributed by atoms with van der Waals surface area (Å²) in [7, 11) is 5.12. The van der Waals surface area contributed by atoms with Crippen molar-refractivity contribution >= 4 is 0 Å². The molecule has 0 saturated heterocycles. The van der Waals surface area contributed by atoms with E-state index in [0.29, 0.717) is 11.3 Å². The monoisotopic (exact) mass is 250 g/mol. The Kier molecular flexibility index (Phi) is 3.57. The minimum absolute atomic E-state index is 0.338. The third kappa shape index (κ3) is 2.06. The minimum atomic E-state index is -0.361. The van der Waals surface area contributed by atoms with Gasteiger partial charge in [0.25, 0.3) is 0 Å². The van der Waals surface area contributed by atoms with Crippen molar-refractivity contribution < 1.29 is 9.13 Å². The molecule has 0 radical (unpaired) electrons. The molecule has 18 heavy (non-hydrogen) atoms. The second kappa shape index (κ2) is 5.14. The van der Waals surface area contributed by atoms with Gasteiger partial charge in [0.05, 0.1) is 25.5 Å². The second-order valence-electron chi connectivity index (χ2n) is 3.84. The predicted molar refractivity (Wildman–Crippen MR) is 64.9 cm³/mol. The van der Waals surface area contributed by atoms with Gasteiger partial charge >= 0.3 is 0 Å². The van der Waals surface area contributed by atoms with Crippen molar-refractivity contribution in [2.24, 2.45) is 7.05 Å². The molecule has 2 aromatic rings. The molecule has 2 rings (SSSR count). The van der Waals surface area contributed by atoms with Crippen LogP contribution in [0.5, 0.6) is 5.75 Å². The van der Waals surface area contributed by atoms with Crippen LogP contribution >= 0.6 is 0 Å². The lowest BCUT2D eigenvalue weighted by Crippen LogP contribution is -2.22. The molecule has 2 heterocycles. The molecule has 0 bridgehead atoms. The van der Waals surface area contributed by atoms with Gasteiger partial charge in [-0.05, 0) is 13.1 Å². The molecule has 0 amide bonds. The number of halogens is 1. The molecule has 5 nitrogen and oxygen atoms in total. The Balaban J connectivity index is 2.52. The van der Waals surface area contributed by atoms with E-state index in [9.17, 15) is 4.39 Å². The smallest absolute Gasteiger partial charge is 0.161 e. The van der Waals surface area contributed by atoms with E-state index >= 15 is 0 Å². The topological polar surface area (TPSA) is 52.0 Å². The van der Waals surface area contributed by atoms with Crippen LogP contribution in [0.1, 0.15) is 17.3 Å². The van der Waals surface area contributed by atoms with E-state index < -0.39 is 0 Å². The highest BCUT2D eigenvalue weighted by Gasteiger charge is 2.23. The second-order valence-corrected chi connectivity index (χ2v) is 3.84. The third-order valence-corrected chi connectivity index (χ3v) is 2.85. The summed E-state index contributed by atoms with van der Waals surface area (Å²) >= 11 is 0. The van der Waals surface area contributed by atoms with Crippen LogP contribution in [0.4, 0.5) is 4.39 Å². The zero-order valence-corrected chi connectivity index (χ0v) is 10.5. The normalized spacial score (nSPS) is 12.4. The van der Waals surface area contributed by atoms with Gasteiger partial charge < -0.3 is 10.1 Å². The van der Waals surface area contributed by atoms with Crippen LogP contribution < -0.4 is 10.1 Å². The lowest BCUT2D eigenvalue weighted by molar-refractivity contribution is 0.401. The van der Waals surface area contributed by atoms with E-state index in [4.69, 9.17) is 4.74 Å². The van der Waals surface area contributed by atoms with Crippen molar-refractivity contribution in [3.05, 3.63) is 41.7 Å². The van der Waals surface area contributed by atoms with Gasteiger partial charge in [0, 0.05) is 18.8 Å². The van der Waals surface area contributed by atoms with Gasteiger partial charge in [-0.15, -0.1) is 0 Å². The number of nitrogens with one attached hydrogen (secondary N) is 1. The van der Waals surface area contributed by atoms with Crippen LogP contribution in [0.3, 0.4) is 0 Å². The Morgan fingerprint density at radius 1 is 1.44 bits per heavy atom. The molecule has 1 atom stereocenters. The van der Waals surface area contributed by atoms with Crippen molar-refractivity contribution in [1.29, 1.82) is 0 Å². The number of pyridine rings is 1. The number of aryl methyl sites for hydroxylation is 1. The minimum Gasteiger partial charge on any atom is -0.493 e. The molecule has 0 saturated carbocycles. The van der Waals surface area contributed by atoms with Gasteiger partial charge in [0.1, 0.15) is 11.5 Å². The van der Waals surface area contributed by atoms with Crippen LogP contribution in [0.15, 0.2) is 24.7 Å². The molecule has 2 aromatic heterocycles. The first-order chi connectivity index (χ1) is 8.69. The lowest BCUT2D eigenvalue weighted by atomic mass is 10.0. The van der Waals surface area contributed by atoms with Gasteiger partial charge in [-0.2, -0.15) is 5.10 Å². The van der Waals surface area contributed by atoms with Crippen molar-refractivity contribution in [2.75, 3.05) is 14.2 Å². The SMILES string of the molecule is CNC(c1ccncc1F)c1c(OC)cnn1C. The molecular formula is C12H15FN4O. The van der Waals surface area contributed by atoms with E-state index in [-0.39, 0.29) is 11.9 Å². The Morgan fingerprint density at radius 3 is 2.83 bits per heavy atom. The standard InChI is InChI=1S/C12H15FN4O/c1-14-11(8-4-5-15-6-9(8)13)12-10(18-3)7-16-17(12)2/h4-7,11,14H,1-3H3. The number of ether oxygens (including phenoxy) is 1. The average molecular weight is 250 g/mol. The number of hydrogen-bond acceptors (Lipinski definition) is 4. The predicted octanol–water partition coefficient (Wildman–Crippen LogP) is 1.27. The first kappa shape index (κ1) is 12.5. The third-order valence-electron chi connectivity index (χ3n) is 2.85. The summed E-state index contributed by atoms with van der Waals surface area (Å²) in [6, 6.07) is 1.30. The molecule has 0 aliphatic rings. The van der Waals surface area contributed by atoms with E-state index in [2.05, 4.69) is 15.4 Å². The van der Waals surface area contributed by atoms with Crippen LogP contribution in [0.2, 0.25) is 0 Å². The highest BCUT2D eigenvalue weighted by molar-refractivity contribution is 5.36. The molecule has 1 unspecified atom stereocenters. The maximum atomic E-state index is 13.8. The number of rotatable bonds is 4. The molecule has 0 aliphatic carbocycles. The fourth-order valence-electron chi connectivity index (χ4n) is 1.97. The van der Waals surface area contributed by atoms with Crippen LogP contribution in [0.25, 0.3) is 0 Å². The Bertz CT molecular complexity index is 541. The van der Waals surface area contributed by atoms with Crippen LogP contribution in [0, 0.1) is 5.82 Å². The maximum absolute atomic E-state index is 13.8. The summed E-state index contributed by atoms with van der Waals surface area (Å²) in [5.41, 5.74) is 1.28. The van der Waals surface area contributed by atoms with Crippen molar-refractivity contribution in [1.82, 2.24) is 20.1 Å². The zero-order chi connectivity index (χ0) is 13.1. The summed E-state index contributed by atoms with van der Waals surface area (Å²) < 4.78 is 20.7. The summed E-state index contributed by atoms with van der Waals surface area (Å²) in [6.45, 7) is 0. The van der Waals surface area contributed by atoms with E-state index in [1.165, 1.54) is 6.20 Å². The van der Waals surface area contributed by atoms with Gasteiger partial charge in [-0.25, -0.2) is 4.39 Å². The molecule has 6 heteroatoms. The fourth-order valence-corrected chi connectivity index (χ4v) is 1.97. The first-order valence-corrected chi connectivity index (χ1v) is 5.51. The molecule has 0 spiro atoms. The first-order valence-electron chi connectivity index (χ1n) is 5.51. The molecular weight excluding hydrogens is 235 g/mol. The summed E-state index contributed by atoms with van der Waals surface area (Å²) in [6.07, 6.45) is 4.37. The molecule has 0 aromatic carbocycles. The molecule has 1 N–H and O–H groups in total. The number of hydrogen-bond donors (Lipinski definition) is 1. The van der Waals surface area contributed by atoms with Gasteiger partial charge in [-0.3, -0.25) is 9.67 Å². The highest BCUT2D eigenvalue weighted by atomic mass is 19.1.